The number of rotatable bonds is 12. The van der Waals surface area contributed by atoms with E-state index < -0.39 is 23.8 Å². The van der Waals surface area contributed by atoms with E-state index in [-0.39, 0.29) is 40.0 Å². The summed E-state index contributed by atoms with van der Waals surface area (Å²) in [5.41, 5.74) is 2.20. The number of carbonyl (C=O) groups is 4. The Bertz CT molecular complexity index is 1870. The van der Waals surface area contributed by atoms with Crippen molar-refractivity contribution < 1.29 is 42.9 Å². The molecular formula is C36H31ClN2O9. The Morgan fingerprint density at radius 3 is 2.23 bits per heavy atom. The average Bonchev–Trinajstić information content (AvgIpc) is 3.09. The fourth-order valence-electron chi connectivity index (χ4n) is 4.81. The Labute approximate surface area is 281 Å². The standard InChI is InChI=1S/C36H31ClN2O9/c1-4-46-30-18-23(10-15-29(30)47-20-22-8-6-5-7-9-22)21-48-32-28(37)17-24(19-31(32)44-2)16-27-33(40)38-36(43)39(34(27)41)26-13-11-25(12-14-26)35(42)45-3/h5-19H,4,20-21H2,1-3H3,(H,38,40,43)/b27-16-. The molecule has 1 aliphatic rings. The number of ether oxygens (including phenoxy) is 5. The number of methoxy groups -OCH3 is 2. The lowest BCUT2D eigenvalue weighted by molar-refractivity contribution is -0.122. The highest BCUT2D eigenvalue weighted by atomic mass is 35.5. The first-order valence-electron chi connectivity index (χ1n) is 14.7. The summed E-state index contributed by atoms with van der Waals surface area (Å²) in [5.74, 6) is -0.686. The second kappa shape index (κ2) is 15.2. The second-order valence-corrected chi connectivity index (χ2v) is 10.7. The zero-order valence-electron chi connectivity index (χ0n) is 26.3. The molecule has 12 heteroatoms. The molecule has 11 nitrogen and oxygen atoms in total. The number of esters is 1. The summed E-state index contributed by atoms with van der Waals surface area (Å²) >= 11 is 6.61. The van der Waals surface area contributed by atoms with Crippen molar-refractivity contribution >= 4 is 47.2 Å². The van der Waals surface area contributed by atoms with E-state index in [4.69, 9.17) is 30.5 Å². The summed E-state index contributed by atoms with van der Waals surface area (Å²) in [6.07, 6.45) is 1.29. The monoisotopic (exact) mass is 670 g/mol. The van der Waals surface area contributed by atoms with Crippen LogP contribution >= 0.6 is 11.6 Å². The Kier molecular flexibility index (Phi) is 10.6. The van der Waals surface area contributed by atoms with Crippen LogP contribution in [0.2, 0.25) is 5.02 Å². The van der Waals surface area contributed by atoms with E-state index in [2.05, 4.69) is 10.1 Å². The van der Waals surface area contributed by atoms with E-state index >= 15 is 0 Å². The number of hydrogen-bond donors (Lipinski definition) is 1. The molecule has 48 heavy (non-hydrogen) atoms. The van der Waals surface area contributed by atoms with E-state index in [0.717, 1.165) is 16.0 Å². The first kappa shape index (κ1) is 33.6. The summed E-state index contributed by atoms with van der Waals surface area (Å²) in [5, 5.41) is 2.32. The molecule has 1 aliphatic heterocycles. The van der Waals surface area contributed by atoms with Gasteiger partial charge in [-0.3, -0.25) is 14.9 Å². The SMILES string of the molecule is CCOc1cc(COc2c(Cl)cc(/C=C3/C(=O)NC(=O)N(c4ccc(C(=O)OC)cc4)C3=O)cc2OC)ccc1OCc1ccccc1. The maximum atomic E-state index is 13.4. The van der Waals surface area contributed by atoms with Crippen LogP contribution in [0.5, 0.6) is 23.0 Å². The highest BCUT2D eigenvalue weighted by Gasteiger charge is 2.37. The number of nitrogens with one attached hydrogen (secondary N) is 1. The molecule has 5 rings (SSSR count). The van der Waals surface area contributed by atoms with Gasteiger partial charge in [-0.15, -0.1) is 0 Å². The van der Waals surface area contributed by atoms with Crippen molar-refractivity contribution in [3.05, 3.63) is 118 Å². The van der Waals surface area contributed by atoms with Crippen molar-refractivity contribution in [3.63, 3.8) is 0 Å². The Morgan fingerprint density at radius 1 is 0.812 bits per heavy atom. The number of anilines is 1. The molecule has 246 valence electrons. The van der Waals surface area contributed by atoms with Gasteiger partial charge in [0.15, 0.2) is 23.0 Å². The molecule has 0 aromatic heterocycles. The number of amides is 4. The van der Waals surface area contributed by atoms with E-state index in [1.165, 1.54) is 50.6 Å². The zero-order valence-corrected chi connectivity index (χ0v) is 27.0. The molecule has 1 N–H and O–H groups in total. The Hall–Kier alpha value is -5.81. The molecule has 1 fully saturated rings. The van der Waals surface area contributed by atoms with Crippen molar-refractivity contribution in [1.82, 2.24) is 5.32 Å². The van der Waals surface area contributed by atoms with Crippen molar-refractivity contribution in [2.45, 2.75) is 20.1 Å². The van der Waals surface area contributed by atoms with Gasteiger partial charge in [0, 0.05) is 0 Å². The van der Waals surface area contributed by atoms with Gasteiger partial charge in [0.1, 0.15) is 18.8 Å². The largest absolute Gasteiger partial charge is 0.493 e. The number of benzene rings is 4. The number of halogens is 1. The number of imide groups is 2. The highest BCUT2D eigenvalue weighted by molar-refractivity contribution is 6.39. The van der Waals surface area contributed by atoms with Gasteiger partial charge in [-0.1, -0.05) is 48.0 Å². The molecule has 0 bridgehead atoms. The molecular weight excluding hydrogens is 640 g/mol. The minimum absolute atomic E-state index is 0.113. The molecule has 4 aromatic rings. The maximum absolute atomic E-state index is 13.4. The van der Waals surface area contributed by atoms with Crippen molar-refractivity contribution in [3.8, 4) is 23.0 Å². The van der Waals surface area contributed by atoms with Crippen molar-refractivity contribution in [1.29, 1.82) is 0 Å². The summed E-state index contributed by atoms with van der Waals surface area (Å²) in [7, 11) is 2.67. The van der Waals surface area contributed by atoms with Crippen LogP contribution in [-0.2, 0) is 27.5 Å². The van der Waals surface area contributed by atoms with Crippen LogP contribution in [0.4, 0.5) is 10.5 Å². The molecule has 4 amide bonds. The van der Waals surface area contributed by atoms with Crippen LogP contribution in [0.3, 0.4) is 0 Å². The predicted octanol–water partition coefficient (Wildman–Crippen LogP) is 6.36. The average molecular weight is 671 g/mol. The molecule has 0 unspecified atom stereocenters. The van der Waals surface area contributed by atoms with E-state index in [1.807, 2.05) is 55.5 Å². The van der Waals surface area contributed by atoms with Gasteiger partial charge < -0.3 is 23.7 Å². The molecule has 0 radical (unpaired) electrons. The maximum Gasteiger partial charge on any atom is 0.337 e. The predicted molar refractivity (Wildman–Crippen MR) is 178 cm³/mol. The lowest BCUT2D eigenvalue weighted by Gasteiger charge is -2.26. The first-order chi connectivity index (χ1) is 23.2. The fourth-order valence-corrected chi connectivity index (χ4v) is 5.08. The van der Waals surface area contributed by atoms with Crippen LogP contribution < -0.4 is 29.2 Å². The highest BCUT2D eigenvalue weighted by Crippen LogP contribution is 2.38. The smallest absolute Gasteiger partial charge is 0.337 e. The van der Waals surface area contributed by atoms with Gasteiger partial charge in [-0.05, 0) is 78.2 Å². The van der Waals surface area contributed by atoms with E-state index in [1.54, 1.807) is 6.07 Å². The van der Waals surface area contributed by atoms with Gasteiger partial charge in [-0.2, -0.15) is 0 Å². The van der Waals surface area contributed by atoms with Gasteiger partial charge in [0.05, 0.1) is 37.1 Å². The van der Waals surface area contributed by atoms with Crippen LogP contribution in [0, 0.1) is 0 Å². The minimum Gasteiger partial charge on any atom is -0.493 e. The van der Waals surface area contributed by atoms with Crippen LogP contribution in [0.15, 0.2) is 90.5 Å². The van der Waals surface area contributed by atoms with Crippen molar-refractivity contribution in [2.75, 3.05) is 25.7 Å². The summed E-state index contributed by atoms with van der Waals surface area (Å²) in [4.78, 5) is 51.3. The second-order valence-electron chi connectivity index (χ2n) is 10.3. The molecule has 1 saturated heterocycles. The third kappa shape index (κ3) is 7.59. The Morgan fingerprint density at radius 2 is 1.54 bits per heavy atom. The van der Waals surface area contributed by atoms with E-state index in [9.17, 15) is 19.2 Å². The molecule has 4 aromatic carbocycles. The van der Waals surface area contributed by atoms with Crippen LogP contribution in [0.25, 0.3) is 6.08 Å². The first-order valence-corrected chi connectivity index (χ1v) is 15.1. The summed E-state index contributed by atoms with van der Waals surface area (Å²) in [6.45, 7) is 2.83. The molecule has 0 aliphatic carbocycles. The zero-order chi connectivity index (χ0) is 34.2. The Balaban J connectivity index is 1.34. The number of urea groups is 1. The van der Waals surface area contributed by atoms with Gasteiger partial charge >= 0.3 is 12.0 Å². The normalized spacial score (nSPS) is 13.6. The van der Waals surface area contributed by atoms with Gasteiger partial charge in [-0.25, -0.2) is 14.5 Å². The molecule has 0 spiro atoms. The number of hydrogen-bond acceptors (Lipinski definition) is 9. The lowest BCUT2D eigenvalue weighted by Crippen LogP contribution is -2.54. The van der Waals surface area contributed by atoms with Crippen molar-refractivity contribution in [2.24, 2.45) is 0 Å². The topological polar surface area (TPSA) is 130 Å². The third-order valence-corrected chi connectivity index (χ3v) is 7.42. The number of nitrogens with zero attached hydrogens (tertiary/aromatic N) is 1. The lowest BCUT2D eigenvalue weighted by atomic mass is 10.1. The van der Waals surface area contributed by atoms with Gasteiger partial charge in [0.2, 0.25) is 0 Å². The molecule has 1 heterocycles. The number of carbonyl (C=O) groups excluding carboxylic acids is 4. The van der Waals surface area contributed by atoms with Crippen LogP contribution in [0.1, 0.15) is 34.0 Å². The fraction of sp³-hybridized carbons (Fsp3) is 0.167. The molecule has 0 atom stereocenters. The third-order valence-electron chi connectivity index (χ3n) is 7.14. The van der Waals surface area contributed by atoms with Crippen LogP contribution in [-0.4, -0.2) is 44.6 Å². The summed E-state index contributed by atoms with van der Waals surface area (Å²) in [6, 6.07) is 23.0. The quantitative estimate of drug-likeness (QED) is 0.104. The van der Waals surface area contributed by atoms with E-state index in [0.29, 0.717) is 30.3 Å². The molecule has 0 saturated carbocycles. The summed E-state index contributed by atoms with van der Waals surface area (Å²) < 4.78 is 28.1. The minimum atomic E-state index is -0.935. The number of barbiturate groups is 1. The van der Waals surface area contributed by atoms with Gasteiger partial charge in [0.25, 0.3) is 11.8 Å².